The molecule has 6 nitrogen and oxygen atoms in total. The van der Waals surface area contributed by atoms with Gasteiger partial charge in [0.1, 0.15) is 17.5 Å². The summed E-state index contributed by atoms with van der Waals surface area (Å²) in [6.45, 7) is 6.50. The third-order valence-electron chi connectivity index (χ3n) is 5.13. The monoisotopic (exact) mass is 404 g/mol. The molecule has 1 aliphatic rings. The maximum Gasteiger partial charge on any atom is 0.417 e. The number of alkyl halides is 3. The van der Waals surface area contributed by atoms with E-state index in [9.17, 15) is 18.4 Å². The Morgan fingerprint density at radius 2 is 1.76 bits per heavy atom. The van der Waals surface area contributed by atoms with Crippen LogP contribution < -0.4 is 9.80 Å². The summed E-state index contributed by atoms with van der Waals surface area (Å²) >= 11 is 0. The van der Waals surface area contributed by atoms with E-state index in [-0.39, 0.29) is 0 Å². The van der Waals surface area contributed by atoms with Crippen LogP contribution >= 0.6 is 0 Å². The molecule has 154 valence electrons. The molecule has 9 heteroatoms. The molecule has 0 N–H and O–H groups in total. The first-order chi connectivity index (χ1) is 13.9. The van der Waals surface area contributed by atoms with E-state index < -0.39 is 11.7 Å². The Morgan fingerprint density at radius 3 is 2.34 bits per heavy atom. The second-order valence-corrected chi connectivity index (χ2v) is 6.87. The van der Waals surface area contributed by atoms with Gasteiger partial charge in [0.05, 0.1) is 11.3 Å². The molecular weight excluding hydrogens is 381 g/mol. The topological polar surface area (TPSA) is 68.9 Å². The van der Waals surface area contributed by atoms with Crippen LogP contribution in [0, 0.1) is 11.3 Å². The molecule has 3 heterocycles. The van der Waals surface area contributed by atoms with Crippen molar-refractivity contribution in [3.63, 3.8) is 0 Å². The summed E-state index contributed by atoms with van der Waals surface area (Å²) in [4.78, 5) is 7.99. The number of hydrogen-bond donors (Lipinski definition) is 0. The zero-order valence-electron chi connectivity index (χ0n) is 16.5. The second-order valence-electron chi connectivity index (χ2n) is 6.87. The van der Waals surface area contributed by atoms with Gasteiger partial charge in [0.25, 0.3) is 0 Å². The highest BCUT2D eigenvalue weighted by molar-refractivity contribution is 5.58. The summed E-state index contributed by atoms with van der Waals surface area (Å²) in [5.41, 5.74) is 1.60. The van der Waals surface area contributed by atoms with Gasteiger partial charge in [-0.3, -0.25) is 0 Å². The van der Waals surface area contributed by atoms with E-state index in [4.69, 9.17) is 0 Å². The normalized spacial score (nSPS) is 15.2. The van der Waals surface area contributed by atoms with Crippen molar-refractivity contribution in [2.75, 3.05) is 36.0 Å². The second kappa shape index (κ2) is 8.64. The first-order valence-electron chi connectivity index (χ1n) is 9.70. The molecule has 3 rings (SSSR count). The Bertz CT molecular complexity index is 889. The van der Waals surface area contributed by atoms with Gasteiger partial charge < -0.3 is 9.80 Å². The molecule has 1 aliphatic heterocycles. The SMILES string of the molecule is CCc1nnc(N2CCCN(c3ccc(C(F)(F)F)cn3)CC2)c(C#N)c1CC. The van der Waals surface area contributed by atoms with Crippen LogP contribution in [0.1, 0.15) is 42.7 Å². The predicted octanol–water partition coefficient (Wildman–Crippen LogP) is 3.60. The lowest BCUT2D eigenvalue weighted by atomic mass is 10.0. The quantitative estimate of drug-likeness (QED) is 0.776. The number of nitriles is 1. The molecule has 0 atom stereocenters. The van der Waals surface area contributed by atoms with Crippen molar-refractivity contribution in [1.82, 2.24) is 15.2 Å². The Labute approximate surface area is 168 Å². The van der Waals surface area contributed by atoms with Crippen molar-refractivity contribution in [3.8, 4) is 6.07 Å². The van der Waals surface area contributed by atoms with Crippen LogP contribution in [0.5, 0.6) is 0 Å². The molecule has 0 bridgehead atoms. The molecule has 2 aromatic rings. The Balaban J connectivity index is 1.79. The molecule has 0 unspecified atom stereocenters. The third-order valence-corrected chi connectivity index (χ3v) is 5.13. The molecular formula is C20H23F3N6. The zero-order valence-corrected chi connectivity index (χ0v) is 16.5. The van der Waals surface area contributed by atoms with E-state index in [0.29, 0.717) is 49.8 Å². The summed E-state index contributed by atoms with van der Waals surface area (Å²) in [5.74, 6) is 1.10. The number of halogens is 3. The van der Waals surface area contributed by atoms with Gasteiger partial charge in [-0.15, -0.1) is 5.10 Å². The first kappa shape index (κ1) is 20.8. The minimum Gasteiger partial charge on any atom is -0.355 e. The van der Waals surface area contributed by atoms with Crippen LogP contribution in [0.2, 0.25) is 0 Å². The number of nitrogens with zero attached hydrogens (tertiary/aromatic N) is 6. The van der Waals surface area contributed by atoms with Gasteiger partial charge in [-0.1, -0.05) is 13.8 Å². The maximum atomic E-state index is 12.8. The van der Waals surface area contributed by atoms with Gasteiger partial charge in [0.15, 0.2) is 5.82 Å². The van der Waals surface area contributed by atoms with Crippen LogP contribution in [0.25, 0.3) is 0 Å². The van der Waals surface area contributed by atoms with E-state index in [1.165, 1.54) is 6.07 Å². The average molecular weight is 404 g/mol. The minimum atomic E-state index is -4.39. The van der Waals surface area contributed by atoms with Gasteiger partial charge >= 0.3 is 6.18 Å². The largest absolute Gasteiger partial charge is 0.417 e. The van der Waals surface area contributed by atoms with Crippen LogP contribution in [-0.4, -0.2) is 41.4 Å². The minimum absolute atomic E-state index is 0.516. The van der Waals surface area contributed by atoms with Gasteiger partial charge in [-0.2, -0.15) is 23.5 Å². The number of hydrogen-bond acceptors (Lipinski definition) is 6. The highest BCUT2D eigenvalue weighted by Crippen LogP contribution is 2.30. The molecule has 0 saturated carbocycles. The summed E-state index contributed by atoms with van der Waals surface area (Å²) in [6.07, 6.45) is -1.32. The van der Waals surface area contributed by atoms with E-state index in [0.717, 1.165) is 36.4 Å². The smallest absolute Gasteiger partial charge is 0.355 e. The summed E-state index contributed by atoms with van der Waals surface area (Å²) < 4.78 is 38.3. The fraction of sp³-hybridized carbons (Fsp3) is 0.500. The highest BCUT2D eigenvalue weighted by Gasteiger charge is 2.31. The standard InChI is InChI=1S/C20H23F3N6/c1-3-15-16(12-24)19(27-26-17(15)4-2)29-9-5-8-28(10-11-29)18-7-6-14(13-25-18)20(21,22)23/h6-7,13H,3-5,8-11H2,1-2H3. The van der Waals surface area contributed by atoms with Crippen molar-refractivity contribution in [2.45, 2.75) is 39.3 Å². The lowest BCUT2D eigenvalue weighted by Gasteiger charge is -2.24. The third kappa shape index (κ3) is 4.42. The van der Waals surface area contributed by atoms with E-state index in [1.54, 1.807) is 0 Å². The number of rotatable bonds is 4. The molecule has 0 aliphatic carbocycles. The lowest BCUT2D eigenvalue weighted by molar-refractivity contribution is -0.137. The average Bonchev–Trinajstić information content (AvgIpc) is 2.98. The number of aryl methyl sites for hydroxylation is 1. The van der Waals surface area contributed by atoms with Crippen LogP contribution in [0.4, 0.5) is 24.8 Å². The van der Waals surface area contributed by atoms with E-state index in [1.807, 2.05) is 23.6 Å². The van der Waals surface area contributed by atoms with Gasteiger partial charge in [-0.25, -0.2) is 4.98 Å². The molecule has 0 radical (unpaired) electrons. The molecule has 2 aromatic heterocycles. The predicted molar refractivity (Wildman–Crippen MR) is 104 cm³/mol. The van der Waals surface area contributed by atoms with Crippen LogP contribution in [-0.2, 0) is 19.0 Å². The summed E-state index contributed by atoms with van der Waals surface area (Å²) in [6, 6.07) is 4.76. The van der Waals surface area contributed by atoms with Crippen molar-refractivity contribution >= 4 is 11.6 Å². The van der Waals surface area contributed by atoms with Crippen molar-refractivity contribution in [3.05, 3.63) is 40.7 Å². The highest BCUT2D eigenvalue weighted by atomic mass is 19.4. The Hall–Kier alpha value is -2.89. The Morgan fingerprint density at radius 1 is 1.03 bits per heavy atom. The van der Waals surface area contributed by atoms with Crippen LogP contribution in [0.3, 0.4) is 0 Å². The molecule has 0 spiro atoms. The molecule has 1 saturated heterocycles. The molecule has 1 fully saturated rings. The molecule has 0 aromatic carbocycles. The Kier molecular flexibility index (Phi) is 6.20. The van der Waals surface area contributed by atoms with E-state index in [2.05, 4.69) is 21.3 Å². The van der Waals surface area contributed by atoms with Crippen molar-refractivity contribution < 1.29 is 13.2 Å². The van der Waals surface area contributed by atoms with Gasteiger partial charge in [0, 0.05) is 32.4 Å². The van der Waals surface area contributed by atoms with Crippen molar-refractivity contribution in [2.24, 2.45) is 0 Å². The molecule has 29 heavy (non-hydrogen) atoms. The fourth-order valence-corrected chi connectivity index (χ4v) is 3.60. The van der Waals surface area contributed by atoms with Crippen molar-refractivity contribution in [1.29, 1.82) is 5.26 Å². The zero-order chi connectivity index (χ0) is 21.0. The summed E-state index contributed by atoms with van der Waals surface area (Å²) in [5, 5.41) is 18.4. The number of aromatic nitrogens is 3. The molecule has 0 amide bonds. The summed E-state index contributed by atoms with van der Waals surface area (Å²) in [7, 11) is 0. The van der Waals surface area contributed by atoms with Crippen LogP contribution in [0.15, 0.2) is 18.3 Å². The maximum absolute atomic E-state index is 12.8. The first-order valence-corrected chi connectivity index (χ1v) is 9.70. The number of anilines is 2. The van der Waals surface area contributed by atoms with E-state index >= 15 is 0 Å². The fourth-order valence-electron chi connectivity index (χ4n) is 3.60. The van der Waals surface area contributed by atoms with Gasteiger partial charge in [0.2, 0.25) is 0 Å². The number of pyridine rings is 1. The van der Waals surface area contributed by atoms with Gasteiger partial charge in [-0.05, 0) is 37.0 Å². The lowest BCUT2D eigenvalue weighted by Crippen LogP contribution is -2.32.